The first-order chi connectivity index (χ1) is 13.2. The summed E-state index contributed by atoms with van der Waals surface area (Å²) in [7, 11) is 1.86. The molecule has 2 aromatic rings. The van der Waals surface area contributed by atoms with E-state index in [1.807, 2.05) is 13.1 Å². The molecule has 0 aliphatic carbocycles. The highest BCUT2D eigenvalue weighted by Gasteiger charge is 2.22. The third-order valence-corrected chi connectivity index (χ3v) is 5.14. The Kier molecular flexibility index (Phi) is 8.95. The molecule has 6 nitrogen and oxygen atoms in total. The summed E-state index contributed by atoms with van der Waals surface area (Å²) in [6.07, 6.45) is 3.59. The lowest BCUT2D eigenvalue weighted by molar-refractivity contribution is 0.365. The summed E-state index contributed by atoms with van der Waals surface area (Å²) >= 11 is 0. The standard InChI is InChI=1S/C21H30N6.HI/c1-17(2)19(18-8-5-4-6-9-18)16-25-20(22-3)26-12-14-27(15-13-26)21-23-10-7-11-24-21;/h4-11,17,19H,12-16H2,1-3H3,(H,22,25);1H. The molecule has 0 amide bonds. The number of piperazine rings is 1. The van der Waals surface area contributed by atoms with Gasteiger partial charge in [0.2, 0.25) is 5.95 Å². The zero-order valence-corrected chi connectivity index (χ0v) is 19.3. The van der Waals surface area contributed by atoms with Crippen molar-refractivity contribution in [2.75, 3.05) is 44.7 Å². The molecule has 2 heterocycles. The Morgan fingerprint density at radius 3 is 2.25 bits per heavy atom. The monoisotopic (exact) mass is 494 g/mol. The van der Waals surface area contributed by atoms with Gasteiger partial charge in [-0.05, 0) is 17.5 Å². The van der Waals surface area contributed by atoms with E-state index in [9.17, 15) is 0 Å². The highest BCUT2D eigenvalue weighted by molar-refractivity contribution is 14.0. The molecular formula is C21H31IN6. The Labute approximate surface area is 185 Å². The molecule has 1 fully saturated rings. The number of anilines is 1. The van der Waals surface area contributed by atoms with Gasteiger partial charge in [0, 0.05) is 58.1 Å². The molecule has 1 N–H and O–H groups in total. The van der Waals surface area contributed by atoms with Crippen molar-refractivity contribution in [3.8, 4) is 0 Å². The van der Waals surface area contributed by atoms with Crippen LogP contribution in [0.4, 0.5) is 5.95 Å². The summed E-state index contributed by atoms with van der Waals surface area (Å²) in [5.74, 6) is 2.81. The van der Waals surface area contributed by atoms with Gasteiger partial charge in [-0.3, -0.25) is 4.99 Å². The molecule has 152 valence electrons. The van der Waals surface area contributed by atoms with Gasteiger partial charge in [-0.15, -0.1) is 24.0 Å². The van der Waals surface area contributed by atoms with E-state index in [-0.39, 0.29) is 24.0 Å². The lowest BCUT2D eigenvalue weighted by atomic mass is 9.88. The van der Waals surface area contributed by atoms with Crippen LogP contribution in [0.3, 0.4) is 0 Å². The highest BCUT2D eigenvalue weighted by Crippen LogP contribution is 2.23. The number of nitrogens with one attached hydrogen (secondary N) is 1. The largest absolute Gasteiger partial charge is 0.356 e. The van der Waals surface area contributed by atoms with Gasteiger partial charge in [0.1, 0.15) is 0 Å². The molecule has 1 aliphatic heterocycles. The van der Waals surface area contributed by atoms with Crippen LogP contribution in [0.5, 0.6) is 0 Å². The second kappa shape index (κ2) is 11.2. The molecule has 1 unspecified atom stereocenters. The number of rotatable bonds is 5. The van der Waals surface area contributed by atoms with E-state index >= 15 is 0 Å². The Balaban J connectivity index is 0.00000280. The molecule has 0 bridgehead atoms. The molecule has 1 atom stereocenters. The maximum atomic E-state index is 4.52. The minimum atomic E-state index is 0. The van der Waals surface area contributed by atoms with Gasteiger partial charge in [-0.1, -0.05) is 44.2 Å². The number of aromatic nitrogens is 2. The molecule has 1 saturated heterocycles. The van der Waals surface area contributed by atoms with E-state index in [2.05, 4.69) is 74.3 Å². The number of hydrogen-bond donors (Lipinski definition) is 1. The van der Waals surface area contributed by atoms with Crippen LogP contribution in [0.2, 0.25) is 0 Å². The summed E-state index contributed by atoms with van der Waals surface area (Å²) in [6, 6.07) is 12.6. The topological polar surface area (TPSA) is 56.7 Å². The van der Waals surface area contributed by atoms with Gasteiger partial charge in [0.15, 0.2) is 5.96 Å². The first kappa shape index (κ1) is 22.4. The van der Waals surface area contributed by atoms with Crippen LogP contribution in [0.1, 0.15) is 25.3 Å². The number of guanidine groups is 1. The van der Waals surface area contributed by atoms with Crippen molar-refractivity contribution in [3.63, 3.8) is 0 Å². The quantitative estimate of drug-likeness (QED) is 0.393. The lowest BCUT2D eigenvalue weighted by Crippen LogP contribution is -2.53. The molecule has 3 rings (SSSR count). The van der Waals surface area contributed by atoms with Crippen LogP contribution in [0, 0.1) is 5.92 Å². The van der Waals surface area contributed by atoms with Gasteiger partial charge < -0.3 is 15.1 Å². The van der Waals surface area contributed by atoms with Crippen molar-refractivity contribution in [2.24, 2.45) is 10.9 Å². The summed E-state index contributed by atoms with van der Waals surface area (Å²) in [5, 5.41) is 3.60. The average molecular weight is 494 g/mol. The molecule has 0 spiro atoms. The second-order valence-corrected chi connectivity index (χ2v) is 7.21. The number of benzene rings is 1. The average Bonchev–Trinajstić information content (AvgIpc) is 2.72. The van der Waals surface area contributed by atoms with Crippen molar-refractivity contribution < 1.29 is 0 Å². The summed E-state index contributed by atoms with van der Waals surface area (Å²) in [4.78, 5) is 17.8. The van der Waals surface area contributed by atoms with Gasteiger partial charge in [0.05, 0.1) is 0 Å². The predicted octanol–water partition coefficient (Wildman–Crippen LogP) is 3.23. The molecule has 1 aromatic heterocycles. The highest BCUT2D eigenvalue weighted by atomic mass is 127. The first-order valence-electron chi connectivity index (χ1n) is 9.71. The fourth-order valence-corrected chi connectivity index (χ4v) is 3.54. The molecule has 1 aliphatic rings. The molecule has 0 saturated carbocycles. The minimum Gasteiger partial charge on any atom is -0.356 e. The fraction of sp³-hybridized carbons (Fsp3) is 0.476. The lowest BCUT2D eigenvalue weighted by Gasteiger charge is -2.37. The van der Waals surface area contributed by atoms with Crippen molar-refractivity contribution in [1.82, 2.24) is 20.2 Å². The molecule has 1 aromatic carbocycles. The van der Waals surface area contributed by atoms with E-state index < -0.39 is 0 Å². The Morgan fingerprint density at radius 2 is 1.68 bits per heavy atom. The summed E-state index contributed by atoms with van der Waals surface area (Å²) < 4.78 is 0. The number of hydrogen-bond acceptors (Lipinski definition) is 4. The van der Waals surface area contributed by atoms with Crippen LogP contribution in [0.15, 0.2) is 53.8 Å². The Bertz CT molecular complexity index is 714. The first-order valence-corrected chi connectivity index (χ1v) is 9.71. The van der Waals surface area contributed by atoms with Crippen LogP contribution in [-0.2, 0) is 0 Å². The van der Waals surface area contributed by atoms with Crippen molar-refractivity contribution >= 4 is 35.9 Å². The number of aliphatic imine (C=N–C) groups is 1. The fourth-order valence-electron chi connectivity index (χ4n) is 3.54. The molecule has 28 heavy (non-hydrogen) atoms. The number of nitrogens with zero attached hydrogens (tertiary/aromatic N) is 5. The second-order valence-electron chi connectivity index (χ2n) is 7.21. The summed E-state index contributed by atoms with van der Waals surface area (Å²) in [5.41, 5.74) is 1.38. The third-order valence-electron chi connectivity index (χ3n) is 5.14. The Morgan fingerprint density at radius 1 is 1.04 bits per heavy atom. The number of halogens is 1. The van der Waals surface area contributed by atoms with E-state index in [4.69, 9.17) is 0 Å². The SMILES string of the molecule is CN=C(NCC(c1ccccc1)C(C)C)N1CCN(c2ncccn2)CC1.I. The van der Waals surface area contributed by atoms with Crippen molar-refractivity contribution in [2.45, 2.75) is 19.8 Å². The smallest absolute Gasteiger partial charge is 0.225 e. The molecule has 0 radical (unpaired) electrons. The van der Waals surface area contributed by atoms with Gasteiger partial charge in [-0.25, -0.2) is 9.97 Å². The van der Waals surface area contributed by atoms with Gasteiger partial charge in [-0.2, -0.15) is 0 Å². The van der Waals surface area contributed by atoms with Crippen LogP contribution >= 0.6 is 24.0 Å². The van der Waals surface area contributed by atoms with E-state index in [0.717, 1.165) is 44.6 Å². The van der Waals surface area contributed by atoms with Crippen LogP contribution < -0.4 is 10.2 Å². The van der Waals surface area contributed by atoms with Crippen LogP contribution in [0.25, 0.3) is 0 Å². The van der Waals surface area contributed by atoms with Gasteiger partial charge in [0.25, 0.3) is 0 Å². The maximum Gasteiger partial charge on any atom is 0.225 e. The minimum absolute atomic E-state index is 0. The molecule has 7 heteroatoms. The van der Waals surface area contributed by atoms with Crippen molar-refractivity contribution in [3.05, 3.63) is 54.4 Å². The molecular weight excluding hydrogens is 463 g/mol. The van der Waals surface area contributed by atoms with E-state index in [1.165, 1.54) is 5.56 Å². The Hall–Kier alpha value is -1.90. The maximum absolute atomic E-state index is 4.52. The van der Waals surface area contributed by atoms with Crippen LogP contribution in [-0.4, -0.2) is 60.6 Å². The normalized spacial score (nSPS) is 15.9. The van der Waals surface area contributed by atoms with E-state index in [1.54, 1.807) is 12.4 Å². The third kappa shape index (κ3) is 5.80. The van der Waals surface area contributed by atoms with Gasteiger partial charge >= 0.3 is 0 Å². The summed E-state index contributed by atoms with van der Waals surface area (Å²) in [6.45, 7) is 9.07. The van der Waals surface area contributed by atoms with Crippen molar-refractivity contribution in [1.29, 1.82) is 0 Å². The predicted molar refractivity (Wildman–Crippen MR) is 127 cm³/mol. The zero-order chi connectivity index (χ0) is 19.1. The van der Waals surface area contributed by atoms with E-state index in [0.29, 0.717) is 11.8 Å². The zero-order valence-electron chi connectivity index (χ0n) is 17.0.